The standard InChI is InChI=1S/C19H22Cl2N2O2/c20-15-7-6-14(16(21)12-15)11-19(24)22-13-17(18-5-4-10-25-18)23-8-2-1-3-9-23/h4-7,10,12,17H,1-3,8-9,11,13H2,(H,22,24)/t17-/m1/s1. The van der Waals surface area contributed by atoms with Crippen LogP contribution in [0.2, 0.25) is 10.0 Å². The van der Waals surface area contributed by atoms with Gasteiger partial charge in [-0.2, -0.15) is 0 Å². The first-order valence-corrected chi connectivity index (χ1v) is 9.37. The van der Waals surface area contributed by atoms with Gasteiger partial charge in [-0.05, 0) is 55.8 Å². The molecular weight excluding hydrogens is 359 g/mol. The normalized spacial score (nSPS) is 16.6. The van der Waals surface area contributed by atoms with Crippen molar-refractivity contribution in [2.75, 3.05) is 19.6 Å². The number of rotatable bonds is 6. The average molecular weight is 381 g/mol. The number of nitrogens with one attached hydrogen (secondary N) is 1. The molecule has 0 spiro atoms. The highest BCUT2D eigenvalue weighted by Crippen LogP contribution is 2.25. The van der Waals surface area contributed by atoms with Gasteiger partial charge in [0.1, 0.15) is 5.76 Å². The van der Waals surface area contributed by atoms with Crippen LogP contribution in [-0.4, -0.2) is 30.4 Å². The van der Waals surface area contributed by atoms with E-state index in [9.17, 15) is 4.79 Å². The molecule has 1 aromatic heterocycles. The number of nitrogens with zero attached hydrogens (tertiary/aromatic N) is 1. The average Bonchev–Trinajstić information content (AvgIpc) is 3.13. The van der Waals surface area contributed by atoms with Gasteiger partial charge < -0.3 is 9.73 Å². The number of halogens is 2. The molecule has 1 N–H and O–H groups in total. The third-order valence-corrected chi connectivity index (χ3v) is 5.15. The maximum atomic E-state index is 12.4. The maximum Gasteiger partial charge on any atom is 0.224 e. The zero-order valence-electron chi connectivity index (χ0n) is 14.0. The summed E-state index contributed by atoms with van der Waals surface area (Å²) < 4.78 is 5.60. The summed E-state index contributed by atoms with van der Waals surface area (Å²) in [6.45, 7) is 2.59. The minimum Gasteiger partial charge on any atom is -0.468 e. The second-order valence-electron chi connectivity index (χ2n) is 6.34. The smallest absolute Gasteiger partial charge is 0.224 e. The summed E-state index contributed by atoms with van der Waals surface area (Å²) in [7, 11) is 0. The van der Waals surface area contributed by atoms with E-state index >= 15 is 0 Å². The number of likely N-dealkylation sites (tertiary alicyclic amines) is 1. The molecule has 0 unspecified atom stereocenters. The Morgan fingerprint density at radius 2 is 2.00 bits per heavy atom. The number of amides is 1. The van der Waals surface area contributed by atoms with Gasteiger partial charge in [0.2, 0.25) is 5.91 Å². The summed E-state index contributed by atoms with van der Waals surface area (Å²) in [6, 6.07) is 9.13. The Labute approximate surface area is 158 Å². The largest absolute Gasteiger partial charge is 0.468 e. The van der Waals surface area contributed by atoms with Crippen molar-refractivity contribution in [3.05, 3.63) is 58.0 Å². The van der Waals surface area contributed by atoms with Gasteiger partial charge in [0.05, 0.1) is 18.7 Å². The van der Waals surface area contributed by atoms with E-state index in [4.69, 9.17) is 27.6 Å². The van der Waals surface area contributed by atoms with E-state index in [0.717, 1.165) is 24.4 Å². The Morgan fingerprint density at radius 3 is 2.68 bits per heavy atom. The van der Waals surface area contributed by atoms with E-state index in [1.165, 1.54) is 19.3 Å². The van der Waals surface area contributed by atoms with E-state index < -0.39 is 0 Å². The lowest BCUT2D eigenvalue weighted by Gasteiger charge is -2.33. The van der Waals surface area contributed by atoms with Crippen LogP contribution in [0.3, 0.4) is 0 Å². The molecule has 0 radical (unpaired) electrons. The molecule has 0 saturated carbocycles. The van der Waals surface area contributed by atoms with Crippen LogP contribution in [0, 0.1) is 0 Å². The Bertz CT molecular complexity index is 697. The predicted molar refractivity (Wildman–Crippen MR) is 100 cm³/mol. The second-order valence-corrected chi connectivity index (χ2v) is 7.19. The van der Waals surface area contributed by atoms with Crippen molar-refractivity contribution in [2.24, 2.45) is 0 Å². The van der Waals surface area contributed by atoms with Crippen molar-refractivity contribution in [1.82, 2.24) is 10.2 Å². The summed E-state index contributed by atoms with van der Waals surface area (Å²) in [5.74, 6) is 0.838. The van der Waals surface area contributed by atoms with E-state index in [1.807, 2.05) is 12.1 Å². The fourth-order valence-corrected chi connectivity index (χ4v) is 3.71. The summed E-state index contributed by atoms with van der Waals surface area (Å²) in [5.41, 5.74) is 0.774. The molecule has 1 saturated heterocycles. The third-order valence-electron chi connectivity index (χ3n) is 4.56. The van der Waals surface area contributed by atoms with Gasteiger partial charge in [0.25, 0.3) is 0 Å². The number of hydrogen-bond donors (Lipinski definition) is 1. The highest BCUT2D eigenvalue weighted by molar-refractivity contribution is 6.35. The lowest BCUT2D eigenvalue weighted by molar-refractivity contribution is -0.120. The summed E-state index contributed by atoms with van der Waals surface area (Å²) >= 11 is 12.0. The highest BCUT2D eigenvalue weighted by Gasteiger charge is 2.25. The van der Waals surface area contributed by atoms with Crippen LogP contribution >= 0.6 is 23.2 Å². The molecule has 25 heavy (non-hydrogen) atoms. The predicted octanol–water partition coefficient (Wildman–Crippen LogP) is 4.47. The molecule has 0 bridgehead atoms. The number of carbonyl (C=O) groups excluding carboxylic acids is 1. The van der Waals surface area contributed by atoms with Crippen molar-refractivity contribution in [2.45, 2.75) is 31.7 Å². The van der Waals surface area contributed by atoms with E-state index in [-0.39, 0.29) is 18.4 Å². The van der Waals surface area contributed by atoms with Gasteiger partial charge in [0, 0.05) is 16.6 Å². The number of furan rings is 1. The first kappa shape index (κ1) is 18.3. The monoisotopic (exact) mass is 380 g/mol. The van der Waals surface area contributed by atoms with Crippen LogP contribution in [0.1, 0.15) is 36.6 Å². The first-order valence-electron chi connectivity index (χ1n) is 8.61. The van der Waals surface area contributed by atoms with Crippen LogP contribution < -0.4 is 5.32 Å². The van der Waals surface area contributed by atoms with Crippen molar-refractivity contribution >= 4 is 29.1 Å². The Balaban J connectivity index is 1.61. The Morgan fingerprint density at radius 1 is 1.20 bits per heavy atom. The van der Waals surface area contributed by atoms with Gasteiger partial charge in [-0.1, -0.05) is 35.7 Å². The molecule has 1 aromatic carbocycles. The summed E-state index contributed by atoms with van der Waals surface area (Å²) in [5, 5.41) is 4.11. The van der Waals surface area contributed by atoms with Crippen LogP contribution in [-0.2, 0) is 11.2 Å². The van der Waals surface area contributed by atoms with Crippen molar-refractivity contribution in [3.8, 4) is 0 Å². The molecule has 134 valence electrons. The highest BCUT2D eigenvalue weighted by atomic mass is 35.5. The molecule has 1 fully saturated rings. The zero-order valence-corrected chi connectivity index (χ0v) is 15.5. The molecule has 1 aliphatic heterocycles. The zero-order chi connectivity index (χ0) is 17.6. The number of carbonyl (C=O) groups is 1. The molecule has 1 atom stereocenters. The minimum absolute atomic E-state index is 0.0576. The van der Waals surface area contributed by atoms with Gasteiger partial charge in [0.15, 0.2) is 0 Å². The molecule has 2 aromatic rings. The SMILES string of the molecule is O=C(Cc1ccc(Cl)cc1Cl)NC[C@H](c1ccco1)N1CCCCC1. The topological polar surface area (TPSA) is 45.5 Å². The molecule has 2 heterocycles. The fraction of sp³-hybridized carbons (Fsp3) is 0.421. The Hall–Kier alpha value is -1.49. The lowest BCUT2D eigenvalue weighted by Crippen LogP contribution is -2.40. The van der Waals surface area contributed by atoms with E-state index in [0.29, 0.717) is 16.6 Å². The molecular formula is C19H22Cl2N2O2. The number of benzene rings is 1. The van der Waals surface area contributed by atoms with E-state index in [2.05, 4.69) is 10.2 Å². The van der Waals surface area contributed by atoms with Crippen LogP contribution in [0.25, 0.3) is 0 Å². The van der Waals surface area contributed by atoms with Crippen LogP contribution in [0.15, 0.2) is 41.0 Å². The van der Waals surface area contributed by atoms with Crippen molar-refractivity contribution in [3.63, 3.8) is 0 Å². The molecule has 4 nitrogen and oxygen atoms in total. The summed E-state index contributed by atoms with van der Waals surface area (Å²) in [6.07, 6.45) is 5.56. The lowest BCUT2D eigenvalue weighted by atomic mass is 10.1. The molecule has 3 rings (SSSR count). The van der Waals surface area contributed by atoms with Gasteiger partial charge in [-0.3, -0.25) is 9.69 Å². The van der Waals surface area contributed by atoms with E-state index in [1.54, 1.807) is 24.5 Å². The second kappa shape index (κ2) is 8.75. The van der Waals surface area contributed by atoms with Gasteiger partial charge in [-0.25, -0.2) is 0 Å². The third kappa shape index (κ3) is 5.00. The maximum absolute atomic E-state index is 12.4. The number of piperidine rings is 1. The summed E-state index contributed by atoms with van der Waals surface area (Å²) in [4.78, 5) is 14.7. The fourth-order valence-electron chi connectivity index (χ4n) is 3.23. The molecule has 6 heteroatoms. The van der Waals surface area contributed by atoms with Crippen LogP contribution in [0.5, 0.6) is 0 Å². The minimum atomic E-state index is -0.0576. The van der Waals surface area contributed by atoms with Crippen molar-refractivity contribution < 1.29 is 9.21 Å². The molecule has 1 aliphatic rings. The quantitative estimate of drug-likeness (QED) is 0.803. The molecule has 1 amide bonds. The number of hydrogen-bond acceptors (Lipinski definition) is 3. The first-order chi connectivity index (χ1) is 12.1. The Kier molecular flexibility index (Phi) is 6.40. The van der Waals surface area contributed by atoms with Crippen molar-refractivity contribution in [1.29, 1.82) is 0 Å². The molecule has 0 aliphatic carbocycles. The van der Waals surface area contributed by atoms with Crippen LogP contribution in [0.4, 0.5) is 0 Å². The van der Waals surface area contributed by atoms with Gasteiger partial charge in [-0.15, -0.1) is 0 Å². The van der Waals surface area contributed by atoms with Gasteiger partial charge >= 0.3 is 0 Å².